The van der Waals surface area contributed by atoms with Crippen molar-refractivity contribution >= 4 is 11.6 Å². The van der Waals surface area contributed by atoms with Crippen LogP contribution >= 0.6 is 0 Å². The Morgan fingerprint density at radius 3 is 2.53 bits per heavy atom. The van der Waals surface area contributed by atoms with Crippen molar-refractivity contribution < 1.29 is 4.74 Å². The molecule has 0 radical (unpaired) electrons. The molecule has 2 heterocycles. The summed E-state index contributed by atoms with van der Waals surface area (Å²) >= 11 is 0. The summed E-state index contributed by atoms with van der Waals surface area (Å²) in [4.78, 5) is 13.5. The second-order valence-electron chi connectivity index (χ2n) is 5.08. The number of ether oxygens (including phenoxy) is 1. The average molecular weight is 263 g/mol. The maximum Gasteiger partial charge on any atom is 0.204 e. The molecule has 1 saturated carbocycles. The predicted octanol–water partition coefficient (Wildman–Crippen LogP) is 0.811. The first-order chi connectivity index (χ1) is 9.33. The molecule has 0 unspecified atom stereocenters. The number of nitrogens with one attached hydrogen (secondary N) is 1. The number of aromatic nitrogens is 2. The second-order valence-corrected chi connectivity index (χ2v) is 5.08. The molecule has 0 amide bonds. The fourth-order valence-corrected chi connectivity index (χ4v) is 2.69. The lowest BCUT2D eigenvalue weighted by Gasteiger charge is -2.36. The Labute approximate surface area is 113 Å². The number of hydrogen-bond donors (Lipinski definition) is 1. The SMILES string of the molecule is CNc1ncnc(N2CCN(C3CC3)CC2)c1OC. The zero-order valence-corrected chi connectivity index (χ0v) is 11.6. The van der Waals surface area contributed by atoms with Gasteiger partial charge in [-0.2, -0.15) is 0 Å². The van der Waals surface area contributed by atoms with E-state index in [-0.39, 0.29) is 0 Å². The molecule has 1 aliphatic heterocycles. The highest BCUT2D eigenvalue weighted by Crippen LogP contribution is 2.33. The van der Waals surface area contributed by atoms with Gasteiger partial charge in [-0.3, -0.25) is 4.90 Å². The van der Waals surface area contributed by atoms with Crippen LogP contribution in [0.2, 0.25) is 0 Å². The molecule has 19 heavy (non-hydrogen) atoms. The Morgan fingerprint density at radius 1 is 1.21 bits per heavy atom. The summed E-state index contributed by atoms with van der Waals surface area (Å²) < 4.78 is 5.46. The summed E-state index contributed by atoms with van der Waals surface area (Å²) in [6.45, 7) is 4.25. The molecule has 2 fully saturated rings. The Bertz CT molecular complexity index is 441. The quantitative estimate of drug-likeness (QED) is 0.867. The number of anilines is 2. The van der Waals surface area contributed by atoms with Crippen LogP contribution < -0.4 is 15.0 Å². The van der Waals surface area contributed by atoms with Crippen molar-refractivity contribution in [3.05, 3.63) is 6.33 Å². The van der Waals surface area contributed by atoms with Gasteiger partial charge >= 0.3 is 0 Å². The molecule has 1 saturated heterocycles. The van der Waals surface area contributed by atoms with Crippen LogP contribution in [-0.2, 0) is 0 Å². The van der Waals surface area contributed by atoms with Gasteiger partial charge in [0.05, 0.1) is 7.11 Å². The van der Waals surface area contributed by atoms with Gasteiger partial charge in [0.15, 0.2) is 11.6 Å². The van der Waals surface area contributed by atoms with E-state index in [1.54, 1.807) is 13.4 Å². The van der Waals surface area contributed by atoms with Crippen LogP contribution in [0.25, 0.3) is 0 Å². The molecule has 1 N–H and O–H groups in total. The Balaban J connectivity index is 1.75. The molecule has 0 bridgehead atoms. The van der Waals surface area contributed by atoms with Gasteiger partial charge < -0.3 is 15.0 Å². The smallest absolute Gasteiger partial charge is 0.204 e. The third-order valence-corrected chi connectivity index (χ3v) is 3.90. The summed E-state index contributed by atoms with van der Waals surface area (Å²) in [5, 5.41) is 3.05. The Hall–Kier alpha value is -1.56. The molecule has 0 spiro atoms. The fraction of sp³-hybridized carbons (Fsp3) is 0.692. The van der Waals surface area contributed by atoms with Gasteiger partial charge in [-0.1, -0.05) is 0 Å². The van der Waals surface area contributed by atoms with E-state index in [4.69, 9.17) is 4.74 Å². The first kappa shape index (κ1) is 12.5. The maximum atomic E-state index is 5.46. The minimum atomic E-state index is 0.741. The molecule has 2 aliphatic rings. The lowest BCUT2D eigenvalue weighted by Crippen LogP contribution is -2.47. The highest BCUT2D eigenvalue weighted by molar-refractivity contribution is 5.64. The van der Waals surface area contributed by atoms with Gasteiger partial charge in [0.25, 0.3) is 0 Å². The van der Waals surface area contributed by atoms with Gasteiger partial charge in [0.2, 0.25) is 5.75 Å². The van der Waals surface area contributed by atoms with Crippen LogP contribution in [0.15, 0.2) is 6.33 Å². The number of piperazine rings is 1. The minimum Gasteiger partial charge on any atom is -0.490 e. The van der Waals surface area contributed by atoms with E-state index in [1.807, 2.05) is 7.05 Å². The molecule has 0 atom stereocenters. The van der Waals surface area contributed by atoms with E-state index >= 15 is 0 Å². The lowest BCUT2D eigenvalue weighted by molar-refractivity contribution is 0.247. The molecule has 1 aromatic heterocycles. The normalized spacial score (nSPS) is 20.4. The maximum absolute atomic E-state index is 5.46. The largest absolute Gasteiger partial charge is 0.490 e. The van der Waals surface area contributed by atoms with Gasteiger partial charge in [0.1, 0.15) is 6.33 Å². The molecule has 3 rings (SSSR count). The standard InChI is InChI=1S/C13H21N5O/c1-14-12-11(19-2)13(16-9-15-12)18-7-5-17(6-8-18)10-3-4-10/h9-10H,3-8H2,1-2H3,(H,14,15,16). The monoisotopic (exact) mass is 263 g/mol. The molecular formula is C13H21N5O. The highest BCUT2D eigenvalue weighted by atomic mass is 16.5. The molecule has 1 aliphatic carbocycles. The molecule has 6 heteroatoms. The first-order valence-corrected chi connectivity index (χ1v) is 6.89. The number of hydrogen-bond acceptors (Lipinski definition) is 6. The molecular weight excluding hydrogens is 242 g/mol. The van der Waals surface area contributed by atoms with Crippen molar-refractivity contribution in [3.63, 3.8) is 0 Å². The van der Waals surface area contributed by atoms with Crippen molar-refractivity contribution in [2.24, 2.45) is 0 Å². The van der Waals surface area contributed by atoms with Crippen LogP contribution in [0, 0.1) is 0 Å². The van der Waals surface area contributed by atoms with E-state index in [0.717, 1.165) is 49.6 Å². The van der Waals surface area contributed by atoms with E-state index < -0.39 is 0 Å². The van der Waals surface area contributed by atoms with Gasteiger partial charge in [-0.05, 0) is 12.8 Å². The zero-order valence-electron chi connectivity index (χ0n) is 11.6. The summed E-state index contributed by atoms with van der Waals surface area (Å²) in [6, 6.07) is 0.849. The summed E-state index contributed by atoms with van der Waals surface area (Å²) in [5.74, 6) is 2.39. The number of methoxy groups -OCH3 is 1. The summed E-state index contributed by atoms with van der Waals surface area (Å²) in [5.41, 5.74) is 0. The fourth-order valence-electron chi connectivity index (χ4n) is 2.69. The summed E-state index contributed by atoms with van der Waals surface area (Å²) in [6.07, 6.45) is 4.35. The first-order valence-electron chi connectivity index (χ1n) is 6.89. The molecule has 0 aromatic carbocycles. The van der Waals surface area contributed by atoms with Crippen LogP contribution in [-0.4, -0.2) is 61.2 Å². The van der Waals surface area contributed by atoms with Crippen LogP contribution in [0.3, 0.4) is 0 Å². The van der Waals surface area contributed by atoms with Crippen molar-refractivity contribution in [3.8, 4) is 5.75 Å². The van der Waals surface area contributed by atoms with Crippen molar-refractivity contribution in [1.82, 2.24) is 14.9 Å². The third kappa shape index (κ3) is 2.45. The Morgan fingerprint density at radius 2 is 1.95 bits per heavy atom. The van der Waals surface area contributed by atoms with Gasteiger partial charge in [0, 0.05) is 39.3 Å². The van der Waals surface area contributed by atoms with Gasteiger partial charge in [-0.15, -0.1) is 0 Å². The molecule has 1 aromatic rings. The lowest BCUT2D eigenvalue weighted by atomic mass is 10.3. The van der Waals surface area contributed by atoms with Crippen molar-refractivity contribution in [2.75, 3.05) is 50.6 Å². The number of rotatable bonds is 4. The van der Waals surface area contributed by atoms with E-state index in [1.165, 1.54) is 12.8 Å². The summed E-state index contributed by atoms with van der Waals surface area (Å²) in [7, 11) is 3.52. The van der Waals surface area contributed by atoms with Crippen molar-refractivity contribution in [2.45, 2.75) is 18.9 Å². The number of nitrogens with zero attached hydrogens (tertiary/aromatic N) is 4. The average Bonchev–Trinajstić information content (AvgIpc) is 3.31. The van der Waals surface area contributed by atoms with E-state index in [0.29, 0.717) is 0 Å². The predicted molar refractivity (Wildman–Crippen MR) is 74.9 cm³/mol. The van der Waals surface area contributed by atoms with Crippen molar-refractivity contribution in [1.29, 1.82) is 0 Å². The van der Waals surface area contributed by atoms with E-state index in [9.17, 15) is 0 Å². The highest BCUT2D eigenvalue weighted by Gasteiger charge is 2.32. The van der Waals surface area contributed by atoms with E-state index in [2.05, 4.69) is 25.1 Å². The van der Waals surface area contributed by atoms with Gasteiger partial charge in [-0.25, -0.2) is 9.97 Å². The Kier molecular flexibility index (Phi) is 3.42. The van der Waals surface area contributed by atoms with Crippen LogP contribution in [0.4, 0.5) is 11.6 Å². The van der Waals surface area contributed by atoms with Crippen LogP contribution in [0.1, 0.15) is 12.8 Å². The molecule has 104 valence electrons. The topological polar surface area (TPSA) is 53.5 Å². The minimum absolute atomic E-state index is 0.741. The second kappa shape index (κ2) is 5.21. The molecule has 6 nitrogen and oxygen atoms in total. The van der Waals surface area contributed by atoms with Crippen LogP contribution in [0.5, 0.6) is 5.75 Å². The zero-order chi connectivity index (χ0) is 13.2. The third-order valence-electron chi connectivity index (χ3n) is 3.90.